The fraction of sp³-hybridized carbons (Fsp3) is 0.611. The molecule has 2 rings (SSSR count). The first-order valence-electron chi connectivity index (χ1n) is 8.37. The molecule has 136 valence electrons. The van der Waals surface area contributed by atoms with E-state index in [2.05, 4.69) is 41.9 Å². The zero-order valence-electron chi connectivity index (χ0n) is 15.2. The molecule has 0 amide bonds. The van der Waals surface area contributed by atoms with E-state index >= 15 is 0 Å². The number of rotatable bonds is 5. The molecule has 0 bridgehead atoms. The number of hydrogen-bond acceptors (Lipinski definition) is 3. The highest BCUT2D eigenvalue weighted by Crippen LogP contribution is 2.28. The molecule has 2 N–H and O–H groups in total. The zero-order valence-corrected chi connectivity index (χ0v) is 17.6. The molecule has 5 nitrogen and oxygen atoms in total. The number of likely N-dealkylation sites (tertiary alicyclic amines) is 1. The SMILES string of the molecule is COc1ccccc1C(CN=C(N)N1CCCC(C)C1)N(C)C.I. The van der Waals surface area contributed by atoms with E-state index in [4.69, 9.17) is 10.5 Å². The standard InChI is InChI=1S/C18H30N4O.HI/c1-14-8-7-11-22(13-14)18(19)20-12-16(21(2)3)15-9-5-6-10-17(15)23-4;/h5-6,9-10,14,16H,7-8,11-13H2,1-4H3,(H2,19,20);1H. The van der Waals surface area contributed by atoms with E-state index < -0.39 is 0 Å². The average molecular weight is 446 g/mol. The highest BCUT2D eigenvalue weighted by molar-refractivity contribution is 14.0. The van der Waals surface area contributed by atoms with Crippen molar-refractivity contribution in [1.29, 1.82) is 0 Å². The van der Waals surface area contributed by atoms with Crippen molar-refractivity contribution in [2.75, 3.05) is 40.8 Å². The van der Waals surface area contributed by atoms with Crippen molar-refractivity contribution in [3.63, 3.8) is 0 Å². The number of guanidine groups is 1. The molecule has 0 radical (unpaired) electrons. The van der Waals surface area contributed by atoms with Gasteiger partial charge in [0.15, 0.2) is 5.96 Å². The van der Waals surface area contributed by atoms with Crippen LogP contribution in [0.25, 0.3) is 0 Å². The Morgan fingerprint density at radius 1 is 1.42 bits per heavy atom. The van der Waals surface area contributed by atoms with Gasteiger partial charge in [-0.15, -0.1) is 24.0 Å². The fourth-order valence-corrected chi connectivity index (χ4v) is 3.16. The van der Waals surface area contributed by atoms with E-state index in [9.17, 15) is 0 Å². The summed E-state index contributed by atoms with van der Waals surface area (Å²) in [6.45, 7) is 4.93. The number of methoxy groups -OCH3 is 1. The molecule has 1 aliphatic rings. The van der Waals surface area contributed by atoms with Gasteiger partial charge in [-0.3, -0.25) is 4.99 Å². The lowest BCUT2D eigenvalue weighted by atomic mass is 10.0. The van der Waals surface area contributed by atoms with Gasteiger partial charge in [0.25, 0.3) is 0 Å². The monoisotopic (exact) mass is 446 g/mol. The minimum absolute atomic E-state index is 0. The second kappa shape index (κ2) is 10.1. The molecular formula is C18H31IN4O. The number of ether oxygens (including phenoxy) is 1. The topological polar surface area (TPSA) is 54.1 Å². The van der Waals surface area contributed by atoms with Gasteiger partial charge in [0.05, 0.1) is 19.7 Å². The number of benzene rings is 1. The number of aliphatic imine (C=N–C) groups is 1. The second-order valence-corrected chi connectivity index (χ2v) is 6.61. The van der Waals surface area contributed by atoms with Crippen molar-refractivity contribution in [3.8, 4) is 5.75 Å². The van der Waals surface area contributed by atoms with Crippen molar-refractivity contribution in [3.05, 3.63) is 29.8 Å². The summed E-state index contributed by atoms with van der Waals surface area (Å²) < 4.78 is 5.50. The van der Waals surface area contributed by atoms with Crippen LogP contribution in [0.1, 0.15) is 31.4 Å². The summed E-state index contributed by atoms with van der Waals surface area (Å²) in [5.41, 5.74) is 7.38. The molecule has 0 aromatic heterocycles. The Hall–Kier alpha value is -1.02. The molecule has 1 saturated heterocycles. The lowest BCUT2D eigenvalue weighted by Crippen LogP contribution is -2.43. The molecular weight excluding hydrogens is 415 g/mol. The maximum Gasteiger partial charge on any atom is 0.191 e. The molecule has 1 aliphatic heterocycles. The van der Waals surface area contributed by atoms with Gasteiger partial charge in [-0.25, -0.2) is 0 Å². The molecule has 1 aromatic rings. The first kappa shape index (κ1) is 21.0. The summed E-state index contributed by atoms with van der Waals surface area (Å²) in [7, 11) is 5.83. The van der Waals surface area contributed by atoms with Crippen LogP contribution >= 0.6 is 24.0 Å². The van der Waals surface area contributed by atoms with Crippen molar-refractivity contribution >= 4 is 29.9 Å². The molecule has 24 heavy (non-hydrogen) atoms. The molecule has 2 unspecified atom stereocenters. The Morgan fingerprint density at radius 3 is 2.75 bits per heavy atom. The van der Waals surface area contributed by atoms with E-state index in [1.165, 1.54) is 12.8 Å². The first-order valence-corrected chi connectivity index (χ1v) is 8.37. The van der Waals surface area contributed by atoms with Crippen LogP contribution in [0.3, 0.4) is 0 Å². The largest absolute Gasteiger partial charge is 0.496 e. The van der Waals surface area contributed by atoms with Crippen LogP contribution in [0.2, 0.25) is 0 Å². The second-order valence-electron chi connectivity index (χ2n) is 6.61. The predicted molar refractivity (Wildman–Crippen MR) is 111 cm³/mol. The van der Waals surface area contributed by atoms with E-state index in [1.54, 1.807) is 7.11 Å². The summed E-state index contributed by atoms with van der Waals surface area (Å²) in [4.78, 5) is 9.05. The van der Waals surface area contributed by atoms with Gasteiger partial charge < -0.3 is 20.3 Å². The predicted octanol–water partition coefficient (Wildman–Crippen LogP) is 2.96. The Balaban J connectivity index is 0.00000288. The van der Waals surface area contributed by atoms with Crippen molar-refractivity contribution in [2.24, 2.45) is 16.6 Å². The summed E-state index contributed by atoms with van der Waals surface area (Å²) in [6, 6.07) is 8.26. The Morgan fingerprint density at radius 2 is 2.12 bits per heavy atom. The third kappa shape index (κ3) is 5.51. The molecule has 1 heterocycles. The van der Waals surface area contributed by atoms with Crippen LogP contribution in [-0.4, -0.2) is 56.6 Å². The summed E-state index contributed by atoms with van der Waals surface area (Å²) in [5, 5.41) is 0. The molecule has 2 atom stereocenters. The Labute approximate surface area is 163 Å². The van der Waals surface area contributed by atoms with Gasteiger partial charge in [-0.2, -0.15) is 0 Å². The Bertz CT molecular complexity index is 536. The third-order valence-corrected chi connectivity index (χ3v) is 4.53. The van der Waals surface area contributed by atoms with Crippen LogP contribution in [0, 0.1) is 5.92 Å². The van der Waals surface area contributed by atoms with Gasteiger partial charge in [0, 0.05) is 18.7 Å². The maximum atomic E-state index is 6.23. The number of likely N-dealkylation sites (N-methyl/N-ethyl adjacent to an activating group) is 1. The maximum absolute atomic E-state index is 6.23. The van der Waals surface area contributed by atoms with Crippen molar-refractivity contribution in [2.45, 2.75) is 25.8 Å². The normalized spacial score (nSPS) is 19.8. The lowest BCUT2D eigenvalue weighted by molar-refractivity contribution is 0.266. The van der Waals surface area contributed by atoms with Gasteiger partial charge in [-0.05, 0) is 38.9 Å². The van der Waals surface area contributed by atoms with Crippen molar-refractivity contribution < 1.29 is 4.74 Å². The number of piperidine rings is 1. The van der Waals surface area contributed by atoms with Crippen LogP contribution < -0.4 is 10.5 Å². The fourth-order valence-electron chi connectivity index (χ4n) is 3.16. The van der Waals surface area contributed by atoms with Crippen LogP contribution in [0.5, 0.6) is 5.75 Å². The van der Waals surface area contributed by atoms with Gasteiger partial charge in [0.1, 0.15) is 5.75 Å². The molecule has 0 aliphatic carbocycles. The number of nitrogens with zero attached hydrogens (tertiary/aromatic N) is 3. The zero-order chi connectivity index (χ0) is 16.8. The number of hydrogen-bond donors (Lipinski definition) is 1. The first-order chi connectivity index (χ1) is 11.0. The summed E-state index contributed by atoms with van der Waals surface area (Å²) in [5.74, 6) is 2.25. The van der Waals surface area contributed by atoms with Crippen LogP contribution in [-0.2, 0) is 0 Å². The minimum Gasteiger partial charge on any atom is -0.496 e. The van der Waals surface area contributed by atoms with Gasteiger partial charge in [-0.1, -0.05) is 25.1 Å². The lowest BCUT2D eigenvalue weighted by Gasteiger charge is -2.32. The average Bonchev–Trinajstić information content (AvgIpc) is 2.55. The van der Waals surface area contributed by atoms with Gasteiger partial charge in [0.2, 0.25) is 0 Å². The number of halogens is 1. The molecule has 0 saturated carbocycles. The Kier molecular flexibility index (Phi) is 8.83. The summed E-state index contributed by atoms with van der Waals surface area (Å²) >= 11 is 0. The van der Waals surface area contributed by atoms with E-state index in [1.807, 2.05) is 18.2 Å². The smallest absolute Gasteiger partial charge is 0.191 e. The van der Waals surface area contributed by atoms with Gasteiger partial charge >= 0.3 is 0 Å². The highest BCUT2D eigenvalue weighted by atomic mass is 127. The quantitative estimate of drug-likeness (QED) is 0.430. The van der Waals surface area contributed by atoms with E-state index in [-0.39, 0.29) is 30.0 Å². The van der Waals surface area contributed by atoms with E-state index in [0.717, 1.165) is 24.4 Å². The number of para-hydroxylation sites is 1. The van der Waals surface area contributed by atoms with E-state index in [0.29, 0.717) is 18.4 Å². The number of nitrogens with two attached hydrogens (primary N) is 1. The van der Waals surface area contributed by atoms with Crippen molar-refractivity contribution in [1.82, 2.24) is 9.80 Å². The highest BCUT2D eigenvalue weighted by Gasteiger charge is 2.20. The van der Waals surface area contributed by atoms with Crippen LogP contribution in [0.15, 0.2) is 29.3 Å². The third-order valence-electron chi connectivity index (χ3n) is 4.53. The molecule has 0 spiro atoms. The van der Waals surface area contributed by atoms with Crippen LogP contribution in [0.4, 0.5) is 0 Å². The molecule has 1 fully saturated rings. The molecule has 1 aromatic carbocycles. The molecule has 6 heteroatoms. The summed E-state index contributed by atoms with van der Waals surface area (Å²) in [6.07, 6.45) is 2.48. The minimum atomic E-state index is 0.